The number of hydrogen-bond acceptors (Lipinski definition) is 6. The molecule has 62 valence electrons. The first-order chi connectivity index (χ1) is 4.46. The molecule has 0 saturated carbocycles. The molecule has 0 fully saturated rings. The number of rotatable bonds is 3. The summed E-state index contributed by atoms with van der Waals surface area (Å²) in [7, 11) is 0. The highest BCUT2D eigenvalue weighted by atomic mass is 16.5. The summed E-state index contributed by atoms with van der Waals surface area (Å²) in [6, 6.07) is 0. The van der Waals surface area contributed by atoms with Crippen LogP contribution in [-0.2, 0) is 0 Å². The van der Waals surface area contributed by atoms with Crippen LogP contribution in [0, 0.1) is 0 Å². The van der Waals surface area contributed by atoms with Crippen molar-refractivity contribution in [1.29, 1.82) is 0 Å². The largest absolute Gasteiger partial charge is 0.385 e. The lowest BCUT2D eigenvalue weighted by Gasteiger charge is -2.19. The third kappa shape index (κ3) is 2.56. The second kappa shape index (κ2) is 3.81. The van der Waals surface area contributed by atoms with Gasteiger partial charge in [0.05, 0.1) is 0 Å². The summed E-state index contributed by atoms with van der Waals surface area (Å²) in [6.45, 7) is 0. The van der Waals surface area contributed by atoms with E-state index in [2.05, 4.69) is 0 Å². The van der Waals surface area contributed by atoms with E-state index in [0.29, 0.717) is 0 Å². The maximum atomic E-state index is 8.50. The maximum absolute atomic E-state index is 8.50. The monoisotopic (exact) mass is 154 g/mol. The molecule has 0 aliphatic rings. The molecule has 0 aliphatic heterocycles. The van der Waals surface area contributed by atoms with Gasteiger partial charge in [0.15, 0.2) is 12.6 Å². The van der Waals surface area contributed by atoms with E-state index in [4.69, 9.17) is 30.6 Å². The standard InChI is InChI=1S/C4H10O6/c5-1(3(7)8)2(6)4(9)10/h1-10H/t1-,2-/m0/s1. The fraction of sp³-hybridized carbons (Fsp3) is 1.00. The van der Waals surface area contributed by atoms with Gasteiger partial charge in [-0.25, -0.2) is 0 Å². The molecule has 0 aliphatic carbocycles. The minimum atomic E-state index is -2.18. The molecular formula is C4H10O6. The third-order valence-electron chi connectivity index (χ3n) is 0.961. The number of hydrogen-bond donors (Lipinski definition) is 6. The predicted octanol–water partition coefficient (Wildman–Crippen LogP) is -3.67. The van der Waals surface area contributed by atoms with Gasteiger partial charge in [-0.05, 0) is 0 Å². The van der Waals surface area contributed by atoms with Gasteiger partial charge in [0.2, 0.25) is 0 Å². The zero-order valence-electron chi connectivity index (χ0n) is 4.99. The number of aliphatic hydroxyl groups excluding tert-OH is 4. The van der Waals surface area contributed by atoms with Gasteiger partial charge >= 0.3 is 0 Å². The summed E-state index contributed by atoms with van der Waals surface area (Å²) in [4.78, 5) is 0. The van der Waals surface area contributed by atoms with Crippen LogP contribution in [0.2, 0.25) is 0 Å². The van der Waals surface area contributed by atoms with Gasteiger partial charge in [0.1, 0.15) is 12.2 Å². The molecule has 0 rings (SSSR count). The van der Waals surface area contributed by atoms with E-state index in [0.717, 1.165) is 0 Å². The van der Waals surface area contributed by atoms with Crippen LogP contribution in [0.25, 0.3) is 0 Å². The Labute approximate surface area is 56.6 Å². The Morgan fingerprint density at radius 2 is 0.700 bits per heavy atom. The average Bonchev–Trinajstić information content (AvgIpc) is 1.84. The number of aliphatic hydroxyl groups is 6. The summed E-state index contributed by atoms with van der Waals surface area (Å²) in [5, 5.41) is 49.6. The smallest absolute Gasteiger partial charge is 0.180 e. The van der Waals surface area contributed by atoms with Crippen molar-refractivity contribution in [1.82, 2.24) is 0 Å². The molecule has 0 heterocycles. The SMILES string of the molecule is OC(O)[C@@H](O)[C@H](O)C(O)O. The van der Waals surface area contributed by atoms with Crippen molar-refractivity contribution >= 4 is 0 Å². The summed E-state index contributed by atoms with van der Waals surface area (Å²) < 4.78 is 0. The van der Waals surface area contributed by atoms with E-state index in [1.807, 2.05) is 0 Å². The van der Waals surface area contributed by atoms with Gasteiger partial charge in [0.25, 0.3) is 0 Å². The summed E-state index contributed by atoms with van der Waals surface area (Å²) >= 11 is 0. The molecule has 2 atom stereocenters. The maximum Gasteiger partial charge on any atom is 0.180 e. The molecule has 0 bridgehead atoms. The topological polar surface area (TPSA) is 121 Å². The van der Waals surface area contributed by atoms with Gasteiger partial charge < -0.3 is 30.6 Å². The van der Waals surface area contributed by atoms with E-state index >= 15 is 0 Å². The van der Waals surface area contributed by atoms with Crippen molar-refractivity contribution in [3.8, 4) is 0 Å². The average molecular weight is 154 g/mol. The Hall–Kier alpha value is -0.240. The molecule has 10 heavy (non-hydrogen) atoms. The van der Waals surface area contributed by atoms with Crippen LogP contribution in [-0.4, -0.2) is 55.4 Å². The summed E-state index contributed by atoms with van der Waals surface area (Å²) in [5.41, 5.74) is 0. The first kappa shape index (κ1) is 9.76. The minimum Gasteiger partial charge on any atom is -0.385 e. The van der Waals surface area contributed by atoms with Crippen LogP contribution in [0.5, 0.6) is 0 Å². The molecule has 0 unspecified atom stereocenters. The normalized spacial score (nSPS) is 18.0. The third-order valence-corrected chi connectivity index (χ3v) is 0.961. The van der Waals surface area contributed by atoms with E-state index < -0.39 is 24.8 Å². The van der Waals surface area contributed by atoms with E-state index in [-0.39, 0.29) is 0 Å². The Morgan fingerprint density at radius 1 is 0.500 bits per heavy atom. The van der Waals surface area contributed by atoms with Crippen LogP contribution in [0.1, 0.15) is 0 Å². The first-order valence-corrected chi connectivity index (χ1v) is 2.55. The van der Waals surface area contributed by atoms with Crippen LogP contribution in [0.4, 0.5) is 0 Å². The molecule has 0 aromatic rings. The first-order valence-electron chi connectivity index (χ1n) is 2.55. The van der Waals surface area contributed by atoms with E-state index in [1.54, 1.807) is 0 Å². The van der Waals surface area contributed by atoms with Gasteiger partial charge in [-0.15, -0.1) is 0 Å². The summed E-state index contributed by atoms with van der Waals surface area (Å²) in [6.07, 6.45) is -8.31. The Morgan fingerprint density at radius 3 is 0.800 bits per heavy atom. The fourth-order valence-corrected chi connectivity index (χ4v) is 0.353. The predicted molar refractivity (Wildman–Crippen MR) is 28.5 cm³/mol. The van der Waals surface area contributed by atoms with E-state index in [9.17, 15) is 0 Å². The van der Waals surface area contributed by atoms with Crippen molar-refractivity contribution < 1.29 is 30.6 Å². The fourth-order valence-electron chi connectivity index (χ4n) is 0.353. The van der Waals surface area contributed by atoms with Gasteiger partial charge in [-0.1, -0.05) is 0 Å². The van der Waals surface area contributed by atoms with Gasteiger partial charge in [-0.2, -0.15) is 0 Å². The molecule has 6 N–H and O–H groups in total. The lowest BCUT2D eigenvalue weighted by Crippen LogP contribution is -2.44. The minimum absolute atomic E-state index is 1.97. The molecule has 0 saturated heterocycles. The molecule has 6 nitrogen and oxygen atoms in total. The highest BCUT2D eigenvalue weighted by Crippen LogP contribution is 2.00. The lowest BCUT2D eigenvalue weighted by molar-refractivity contribution is -0.213. The van der Waals surface area contributed by atoms with Gasteiger partial charge in [0, 0.05) is 0 Å². The zero-order chi connectivity index (χ0) is 8.31. The highest BCUT2D eigenvalue weighted by molar-refractivity contribution is 4.69. The van der Waals surface area contributed by atoms with Crippen molar-refractivity contribution in [2.24, 2.45) is 0 Å². The lowest BCUT2D eigenvalue weighted by atomic mass is 10.2. The van der Waals surface area contributed by atoms with Crippen molar-refractivity contribution in [3.05, 3.63) is 0 Å². The second-order valence-corrected chi connectivity index (χ2v) is 1.81. The van der Waals surface area contributed by atoms with Crippen LogP contribution in [0.3, 0.4) is 0 Å². The molecule has 0 aromatic heterocycles. The molecule has 0 aromatic carbocycles. The highest BCUT2D eigenvalue weighted by Gasteiger charge is 2.27. The van der Waals surface area contributed by atoms with Crippen LogP contribution in [0.15, 0.2) is 0 Å². The van der Waals surface area contributed by atoms with Crippen LogP contribution < -0.4 is 0 Å². The molecule has 0 radical (unpaired) electrons. The summed E-state index contributed by atoms with van der Waals surface area (Å²) in [5.74, 6) is 0. The quantitative estimate of drug-likeness (QED) is 0.233. The molecule has 0 spiro atoms. The van der Waals surface area contributed by atoms with E-state index in [1.165, 1.54) is 0 Å². The van der Waals surface area contributed by atoms with Crippen molar-refractivity contribution in [2.75, 3.05) is 0 Å². The van der Waals surface area contributed by atoms with Gasteiger partial charge in [-0.3, -0.25) is 0 Å². The molecule has 6 heteroatoms. The van der Waals surface area contributed by atoms with Crippen LogP contribution >= 0.6 is 0 Å². The van der Waals surface area contributed by atoms with Crippen molar-refractivity contribution in [2.45, 2.75) is 24.8 Å². The zero-order valence-corrected chi connectivity index (χ0v) is 4.99. The molecule has 0 amide bonds. The Kier molecular flexibility index (Phi) is 3.72. The Balaban J connectivity index is 3.81. The Bertz CT molecular complexity index is 79.7. The van der Waals surface area contributed by atoms with Crippen molar-refractivity contribution in [3.63, 3.8) is 0 Å². The molecular weight excluding hydrogens is 144 g/mol. The second-order valence-electron chi connectivity index (χ2n) is 1.81.